The zero-order chi connectivity index (χ0) is 17.6. The summed E-state index contributed by atoms with van der Waals surface area (Å²) in [7, 11) is 0. The maximum absolute atomic E-state index is 12.0. The van der Waals surface area contributed by atoms with Crippen LogP contribution in [0.25, 0.3) is 11.1 Å². The van der Waals surface area contributed by atoms with Crippen LogP contribution in [0.5, 0.6) is 0 Å². The van der Waals surface area contributed by atoms with Crippen molar-refractivity contribution in [2.45, 2.75) is 37.1 Å². The maximum Gasteiger partial charge on any atom is 0.267 e. The number of nitrogens with two attached hydrogens (primary N) is 1. The number of carbonyl (C=O) groups is 1. The van der Waals surface area contributed by atoms with Crippen molar-refractivity contribution in [3.8, 4) is 11.1 Å². The number of hydrogen-bond acceptors (Lipinski definition) is 5. The minimum absolute atomic E-state index is 0.168. The number of aliphatic hydroxyl groups excluding tert-OH is 1. The Morgan fingerprint density at radius 1 is 1.36 bits per heavy atom. The van der Waals surface area contributed by atoms with Gasteiger partial charge in [-0.3, -0.25) is 14.8 Å². The van der Waals surface area contributed by atoms with E-state index < -0.39 is 23.7 Å². The lowest BCUT2D eigenvalue weighted by atomic mass is 9.87. The molecule has 1 aliphatic carbocycles. The van der Waals surface area contributed by atoms with E-state index in [4.69, 9.17) is 10.5 Å². The topological polar surface area (TPSA) is 98.3 Å². The van der Waals surface area contributed by atoms with Crippen molar-refractivity contribution in [2.75, 3.05) is 0 Å². The van der Waals surface area contributed by atoms with E-state index in [2.05, 4.69) is 16.5 Å². The second-order valence-electron chi connectivity index (χ2n) is 6.60. The summed E-state index contributed by atoms with van der Waals surface area (Å²) in [6, 6.07) is 5.55. The maximum atomic E-state index is 12.0. The Hall–Kier alpha value is -2.57. The quantitative estimate of drug-likeness (QED) is 0.836. The molecule has 0 radical (unpaired) electrons. The third-order valence-electron chi connectivity index (χ3n) is 5.01. The van der Waals surface area contributed by atoms with Gasteiger partial charge in [0.05, 0.1) is 17.8 Å². The van der Waals surface area contributed by atoms with Crippen LogP contribution in [0.15, 0.2) is 48.9 Å². The summed E-state index contributed by atoms with van der Waals surface area (Å²) in [5.41, 5.74) is 8.20. The van der Waals surface area contributed by atoms with Crippen molar-refractivity contribution < 1.29 is 14.6 Å². The van der Waals surface area contributed by atoms with E-state index in [9.17, 15) is 9.90 Å². The minimum Gasteiger partial charge on any atom is -0.389 e. The molecule has 2 fully saturated rings. The number of rotatable bonds is 3. The van der Waals surface area contributed by atoms with Crippen LogP contribution in [-0.4, -0.2) is 32.7 Å². The molecule has 1 saturated carbocycles. The van der Waals surface area contributed by atoms with Crippen molar-refractivity contribution in [3.05, 3.63) is 60.2 Å². The molecule has 128 valence electrons. The Morgan fingerprint density at radius 3 is 2.80 bits per heavy atom. The molecule has 2 atom stereocenters. The Morgan fingerprint density at radius 2 is 2.16 bits per heavy atom. The number of aromatic nitrogens is 2. The van der Waals surface area contributed by atoms with Crippen LogP contribution in [-0.2, 0) is 4.74 Å². The monoisotopic (exact) mass is 337 g/mol. The first-order valence-electron chi connectivity index (χ1n) is 8.26. The van der Waals surface area contributed by atoms with Gasteiger partial charge in [0.1, 0.15) is 5.69 Å². The van der Waals surface area contributed by atoms with E-state index in [0.717, 1.165) is 29.5 Å². The normalized spacial score (nSPS) is 24.3. The van der Waals surface area contributed by atoms with Gasteiger partial charge in [-0.2, -0.15) is 0 Å². The highest BCUT2D eigenvalue weighted by Gasteiger charge is 2.54. The van der Waals surface area contributed by atoms with Crippen LogP contribution in [0.4, 0.5) is 0 Å². The molecule has 2 aliphatic rings. The molecule has 2 aromatic heterocycles. The van der Waals surface area contributed by atoms with Crippen LogP contribution >= 0.6 is 0 Å². The number of pyridine rings is 2. The van der Waals surface area contributed by atoms with Crippen molar-refractivity contribution in [1.82, 2.24) is 9.97 Å². The second-order valence-corrected chi connectivity index (χ2v) is 6.60. The summed E-state index contributed by atoms with van der Waals surface area (Å²) < 4.78 is 6.28. The highest BCUT2D eigenvalue weighted by atomic mass is 16.5. The summed E-state index contributed by atoms with van der Waals surface area (Å²) in [5, 5.41) is 10.4. The van der Waals surface area contributed by atoms with Crippen molar-refractivity contribution in [1.29, 1.82) is 0 Å². The van der Waals surface area contributed by atoms with Crippen molar-refractivity contribution >= 4 is 5.91 Å². The predicted molar refractivity (Wildman–Crippen MR) is 91.5 cm³/mol. The first kappa shape index (κ1) is 15.9. The molecule has 3 N–H and O–H groups in total. The molecule has 0 bridgehead atoms. The lowest BCUT2D eigenvalue weighted by molar-refractivity contribution is -0.0726. The summed E-state index contributed by atoms with van der Waals surface area (Å²) in [6.07, 6.45) is 5.77. The van der Waals surface area contributed by atoms with Crippen LogP contribution in [0, 0.1) is 0 Å². The van der Waals surface area contributed by atoms with E-state index in [0.29, 0.717) is 12.0 Å². The smallest absolute Gasteiger partial charge is 0.267 e. The lowest BCUT2D eigenvalue weighted by Crippen LogP contribution is -2.36. The van der Waals surface area contributed by atoms with E-state index in [1.54, 1.807) is 18.6 Å². The van der Waals surface area contributed by atoms with Gasteiger partial charge in [0.15, 0.2) is 0 Å². The Bertz CT molecular complexity index is 846. The molecule has 6 heteroatoms. The lowest BCUT2D eigenvalue weighted by Gasteiger charge is -2.37. The first-order valence-corrected chi connectivity index (χ1v) is 8.26. The fourth-order valence-corrected chi connectivity index (χ4v) is 3.54. The molecule has 6 nitrogen and oxygen atoms in total. The molecule has 1 saturated heterocycles. The number of aliphatic hydroxyl groups is 1. The Labute approximate surface area is 145 Å². The van der Waals surface area contributed by atoms with E-state index in [-0.39, 0.29) is 5.69 Å². The number of nitrogens with zero attached hydrogens (tertiary/aromatic N) is 2. The fourth-order valence-electron chi connectivity index (χ4n) is 3.54. The van der Waals surface area contributed by atoms with E-state index in [1.807, 2.05) is 18.2 Å². The van der Waals surface area contributed by atoms with Crippen molar-refractivity contribution in [3.63, 3.8) is 0 Å². The number of hydrogen-bond donors (Lipinski definition) is 2. The number of primary amides is 1. The standard InChI is InChI=1S/C19H19N3O3/c1-11-14(23)9-15(25-19(11)5-6-19)16-13(12-3-2-7-21-10-12)4-8-22-17(16)18(20)24/h2-4,7-8,10,14-15,23H,1,5-6,9H2,(H2,20,24). The van der Waals surface area contributed by atoms with Crippen LogP contribution in [0.3, 0.4) is 0 Å². The van der Waals surface area contributed by atoms with Gasteiger partial charge in [-0.05, 0) is 36.1 Å². The fraction of sp³-hybridized carbons (Fsp3) is 0.316. The summed E-state index contributed by atoms with van der Waals surface area (Å²) in [4.78, 5) is 20.3. The minimum atomic E-state index is -0.677. The van der Waals surface area contributed by atoms with Gasteiger partial charge in [0, 0.05) is 36.1 Å². The molecule has 2 unspecified atom stereocenters. The number of amides is 1. The largest absolute Gasteiger partial charge is 0.389 e. The Balaban J connectivity index is 1.85. The van der Waals surface area contributed by atoms with Crippen LogP contribution in [0.2, 0.25) is 0 Å². The van der Waals surface area contributed by atoms with E-state index in [1.165, 1.54) is 0 Å². The molecule has 0 aromatic carbocycles. The van der Waals surface area contributed by atoms with Gasteiger partial charge >= 0.3 is 0 Å². The molecule has 2 aromatic rings. The average Bonchev–Trinajstić information content (AvgIpc) is 3.39. The van der Waals surface area contributed by atoms with Gasteiger partial charge in [-0.15, -0.1) is 0 Å². The first-order chi connectivity index (χ1) is 12.0. The molecule has 4 rings (SSSR count). The molecular formula is C19H19N3O3. The Kier molecular flexibility index (Phi) is 3.67. The number of ether oxygens (including phenoxy) is 1. The van der Waals surface area contributed by atoms with Gasteiger partial charge in [-0.25, -0.2) is 0 Å². The molecule has 3 heterocycles. The third-order valence-corrected chi connectivity index (χ3v) is 5.01. The third kappa shape index (κ3) is 2.63. The highest BCUT2D eigenvalue weighted by molar-refractivity contribution is 5.94. The van der Waals surface area contributed by atoms with Crippen molar-refractivity contribution in [2.24, 2.45) is 5.73 Å². The molecule has 1 aliphatic heterocycles. The summed E-state index contributed by atoms with van der Waals surface area (Å²) in [5.74, 6) is -0.618. The SMILES string of the molecule is C=C1C(O)CC(c2c(-c3cccnc3)ccnc2C(N)=O)OC12CC2. The zero-order valence-corrected chi connectivity index (χ0v) is 13.7. The van der Waals surface area contributed by atoms with Gasteiger partial charge in [-0.1, -0.05) is 12.6 Å². The summed E-state index contributed by atoms with van der Waals surface area (Å²) in [6.45, 7) is 3.98. The molecule has 1 spiro atoms. The van der Waals surface area contributed by atoms with E-state index >= 15 is 0 Å². The second kappa shape index (κ2) is 5.75. The van der Waals surface area contributed by atoms with Crippen LogP contribution < -0.4 is 5.73 Å². The molecular weight excluding hydrogens is 318 g/mol. The summed E-state index contributed by atoms with van der Waals surface area (Å²) >= 11 is 0. The predicted octanol–water partition coefficient (Wildman–Crippen LogP) is 2.15. The van der Waals surface area contributed by atoms with Gasteiger partial charge in [0.25, 0.3) is 5.91 Å². The average molecular weight is 337 g/mol. The van der Waals surface area contributed by atoms with Gasteiger partial charge in [0.2, 0.25) is 0 Å². The molecule has 25 heavy (non-hydrogen) atoms. The van der Waals surface area contributed by atoms with Gasteiger partial charge < -0.3 is 15.6 Å². The zero-order valence-electron chi connectivity index (χ0n) is 13.7. The highest BCUT2D eigenvalue weighted by Crippen LogP contribution is 2.55. The van der Waals surface area contributed by atoms with Crippen LogP contribution in [0.1, 0.15) is 41.4 Å². The molecule has 1 amide bonds. The number of carbonyl (C=O) groups excluding carboxylic acids is 1.